The standard InChI is InChI=1S/C21H20N4O2/c1-2-24(13-6-9-22-10-7-13)21(27)16-12-15(16)20-23-17-5-3-4-14-18(26)8-11-25(20)19(14)17/h3-7,9-10,15-16H,2,8,11-12H2,1H3. The largest absolute Gasteiger partial charge is 0.327 e. The highest BCUT2D eigenvalue weighted by Gasteiger charge is 2.49. The molecule has 1 amide bonds. The Labute approximate surface area is 156 Å². The molecule has 3 heterocycles. The number of amides is 1. The summed E-state index contributed by atoms with van der Waals surface area (Å²) in [5, 5.41) is 0. The second kappa shape index (κ2) is 6.01. The summed E-state index contributed by atoms with van der Waals surface area (Å²) in [5.41, 5.74) is 3.43. The van der Waals surface area contributed by atoms with Crippen LogP contribution in [-0.4, -0.2) is 32.8 Å². The molecule has 1 saturated carbocycles. The van der Waals surface area contributed by atoms with Gasteiger partial charge in [0.25, 0.3) is 0 Å². The smallest absolute Gasteiger partial charge is 0.230 e. The lowest BCUT2D eigenvalue weighted by Gasteiger charge is -2.21. The number of aromatic nitrogens is 3. The third-order valence-electron chi connectivity index (χ3n) is 5.66. The van der Waals surface area contributed by atoms with Gasteiger partial charge in [-0.25, -0.2) is 4.98 Å². The minimum Gasteiger partial charge on any atom is -0.327 e. The Hall–Kier alpha value is -3.02. The molecule has 27 heavy (non-hydrogen) atoms. The minimum absolute atomic E-state index is 0.0488. The van der Waals surface area contributed by atoms with Gasteiger partial charge in [0.15, 0.2) is 5.78 Å². The number of hydrogen-bond donors (Lipinski definition) is 0. The van der Waals surface area contributed by atoms with E-state index < -0.39 is 0 Å². The zero-order valence-electron chi connectivity index (χ0n) is 15.1. The molecule has 0 radical (unpaired) electrons. The number of rotatable bonds is 4. The maximum Gasteiger partial charge on any atom is 0.230 e. The minimum atomic E-state index is -0.0488. The predicted molar refractivity (Wildman–Crippen MR) is 102 cm³/mol. The van der Waals surface area contributed by atoms with Gasteiger partial charge in [0, 0.05) is 55.0 Å². The van der Waals surface area contributed by atoms with Crippen molar-refractivity contribution in [1.29, 1.82) is 0 Å². The third kappa shape index (κ3) is 2.47. The maximum absolute atomic E-state index is 13.1. The van der Waals surface area contributed by atoms with Gasteiger partial charge in [-0.05, 0) is 37.6 Å². The van der Waals surface area contributed by atoms with Crippen LogP contribution in [0.1, 0.15) is 41.9 Å². The van der Waals surface area contributed by atoms with Gasteiger partial charge in [0.05, 0.1) is 11.0 Å². The summed E-state index contributed by atoms with van der Waals surface area (Å²) >= 11 is 0. The number of para-hydroxylation sites is 1. The van der Waals surface area contributed by atoms with Gasteiger partial charge in [-0.2, -0.15) is 0 Å². The number of carbonyl (C=O) groups excluding carboxylic acids is 2. The topological polar surface area (TPSA) is 68.1 Å². The molecule has 6 heteroatoms. The Bertz CT molecular complexity index is 1060. The van der Waals surface area contributed by atoms with Crippen LogP contribution in [-0.2, 0) is 11.3 Å². The first-order valence-corrected chi connectivity index (χ1v) is 9.42. The summed E-state index contributed by atoms with van der Waals surface area (Å²) < 4.78 is 2.16. The zero-order chi connectivity index (χ0) is 18.5. The number of imidazole rings is 1. The summed E-state index contributed by atoms with van der Waals surface area (Å²) in [6.07, 6.45) is 4.73. The molecule has 0 bridgehead atoms. The molecule has 136 valence electrons. The molecule has 1 aliphatic carbocycles. The van der Waals surface area contributed by atoms with Crippen molar-refractivity contribution >= 4 is 28.4 Å². The van der Waals surface area contributed by atoms with E-state index in [1.807, 2.05) is 42.2 Å². The second-order valence-electron chi connectivity index (χ2n) is 7.20. The molecule has 0 saturated heterocycles. The number of aryl methyl sites for hydroxylation is 1. The van der Waals surface area contributed by atoms with Gasteiger partial charge in [-0.3, -0.25) is 14.6 Å². The van der Waals surface area contributed by atoms with Gasteiger partial charge in [-0.1, -0.05) is 6.07 Å². The van der Waals surface area contributed by atoms with Crippen LogP contribution < -0.4 is 4.90 Å². The molecule has 2 unspecified atom stereocenters. The first kappa shape index (κ1) is 16.2. The van der Waals surface area contributed by atoms with Gasteiger partial charge in [0.2, 0.25) is 5.91 Å². The van der Waals surface area contributed by atoms with Crippen molar-refractivity contribution in [3.63, 3.8) is 0 Å². The SMILES string of the molecule is CCN(C(=O)C1CC1c1nc2cccc3c2n1CCC3=O)c1ccncc1. The monoisotopic (exact) mass is 360 g/mol. The van der Waals surface area contributed by atoms with Crippen molar-refractivity contribution in [2.24, 2.45) is 5.92 Å². The summed E-state index contributed by atoms with van der Waals surface area (Å²) in [7, 11) is 0. The average molecular weight is 360 g/mol. The Kier molecular flexibility index (Phi) is 3.60. The third-order valence-corrected chi connectivity index (χ3v) is 5.66. The van der Waals surface area contributed by atoms with E-state index in [0.29, 0.717) is 19.5 Å². The average Bonchev–Trinajstić information content (AvgIpc) is 3.41. The molecule has 2 aromatic heterocycles. The summed E-state index contributed by atoms with van der Waals surface area (Å²) in [6.45, 7) is 3.27. The van der Waals surface area contributed by atoms with Gasteiger partial charge < -0.3 is 9.47 Å². The summed E-state index contributed by atoms with van der Waals surface area (Å²) in [5.74, 6) is 1.35. The van der Waals surface area contributed by atoms with E-state index in [-0.39, 0.29) is 23.5 Å². The number of anilines is 1. The van der Waals surface area contributed by atoms with Gasteiger partial charge in [-0.15, -0.1) is 0 Å². The van der Waals surface area contributed by atoms with E-state index in [9.17, 15) is 9.59 Å². The lowest BCUT2D eigenvalue weighted by atomic mass is 10.0. The first-order valence-electron chi connectivity index (χ1n) is 9.42. The van der Waals surface area contributed by atoms with Gasteiger partial charge >= 0.3 is 0 Å². The molecular weight excluding hydrogens is 340 g/mol. The number of nitrogens with zero attached hydrogens (tertiary/aromatic N) is 4. The van der Waals surface area contributed by atoms with E-state index in [1.54, 1.807) is 12.4 Å². The number of ketones is 1. The van der Waals surface area contributed by atoms with Crippen LogP contribution in [0.4, 0.5) is 5.69 Å². The van der Waals surface area contributed by atoms with Crippen LogP contribution in [0, 0.1) is 5.92 Å². The Morgan fingerprint density at radius 2 is 2.07 bits per heavy atom. The van der Waals surface area contributed by atoms with Crippen LogP contribution in [0.3, 0.4) is 0 Å². The fraction of sp³-hybridized carbons (Fsp3) is 0.333. The molecule has 1 fully saturated rings. The highest BCUT2D eigenvalue weighted by molar-refractivity contribution is 6.07. The van der Waals surface area contributed by atoms with Crippen molar-refractivity contribution in [1.82, 2.24) is 14.5 Å². The van der Waals surface area contributed by atoms with Crippen LogP contribution in [0.15, 0.2) is 42.7 Å². The summed E-state index contributed by atoms with van der Waals surface area (Å²) in [4.78, 5) is 36.0. The van der Waals surface area contributed by atoms with Crippen molar-refractivity contribution in [2.45, 2.75) is 32.2 Å². The number of carbonyl (C=O) groups is 2. The predicted octanol–water partition coefficient (Wildman–Crippen LogP) is 3.17. The summed E-state index contributed by atoms with van der Waals surface area (Å²) in [6, 6.07) is 9.45. The molecule has 1 aliphatic heterocycles. The van der Waals surface area contributed by atoms with Crippen molar-refractivity contribution in [3.8, 4) is 0 Å². The van der Waals surface area contributed by atoms with E-state index in [0.717, 1.165) is 34.5 Å². The number of hydrogen-bond acceptors (Lipinski definition) is 4. The molecule has 2 atom stereocenters. The molecule has 3 aromatic rings. The van der Waals surface area contributed by atoms with Crippen LogP contribution in [0.2, 0.25) is 0 Å². The molecule has 0 spiro atoms. The highest BCUT2D eigenvalue weighted by atomic mass is 16.2. The number of Topliss-reactive ketones (excluding diaryl/α,β-unsaturated/α-hetero) is 1. The van der Waals surface area contributed by atoms with Crippen LogP contribution >= 0.6 is 0 Å². The fourth-order valence-corrected chi connectivity index (χ4v) is 4.23. The highest BCUT2D eigenvalue weighted by Crippen LogP contribution is 2.49. The quantitative estimate of drug-likeness (QED) is 0.717. The zero-order valence-corrected chi connectivity index (χ0v) is 15.1. The van der Waals surface area contributed by atoms with Crippen molar-refractivity contribution in [2.75, 3.05) is 11.4 Å². The van der Waals surface area contributed by atoms with E-state index >= 15 is 0 Å². The van der Waals surface area contributed by atoms with E-state index in [2.05, 4.69) is 9.55 Å². The molecule has 5 rings (SSSR count). The van der Waals surface area contributed by atoms with Crippen molar-refractivity contribution in [3.05, 3.63) is 54.1 Å². The normalized spacial score (nSPS) is 20.7. The lowest BCUT2D eigenvalue weighted by Crippen LogP contribution is -2.32. The second-order valence-corrected chi connectivity index (χ2v) is 7.20. The van der Waals surface area contributed by atoms with Crippen LogP contribution in [0.25, 0.3) is 11.0 Å². The van der Waals surface area contributed by atoms with Crippen LogP contribution in [0.5, 0.6) is 0 Å². The van der Waals surface area contributed by atoms with Crippen molar-refractivity contribution < 1.29 is 9.59 Å². The number of benzene rings is 1. The number of pyridine rings is 1. The molecular formula is C21H20N4O2. The van der Waals surface area contributed by atoms with E-state index in [1.165, 1.54) is 0 Å². The first-order chi connectivity index (χ1) is 13.2. The molecule has 1 aromatic carbocycles. The fourth-order valence-electron chi connectivity index (χ4n) is 4.23. The van der Waals surface area contributed by atoms with E-state index in [4.69, 9.17) is 4.98 Å². The molecule has 2 aliphatic rings. The van der Waals surface area contributed by atoms with Gasteiger partial charge in [0.1, 0.15) is 5.82 Å². The lowest BCUT2D eigenvalue weighted by molar-refractivity contribution is -0.119. The Morgan fingerprint density at radius 3 is 2.85 bits per heavy atom. The maximum atomic E-state index is 13.1. The Balaban J connectivity index is 1.47. The Morgan fingerprint density at radius 1 is 1.26 bits per heavy atom. The molecule has 6 nitrogen and oxygen atoms in total. The molecule has 0 N–H and O–H groups in total.